The molecular formula is C13H13N3O. The van der Waals surface area contributed by atoms with Crippen molar-refractivity contribution in [2.24, 2.45) is 0 Å². The Balaban J connectivity index is 2.21. The number of nitrogens with zero attached hydrogens (tertiary/aromatic N) is 2. The molecule has 1 aromatic heterocycles. The zero-order valence-corrected chi connectivity index (χ0v) is 9.77. The number of rotatable bonds is 2. The summed E-state index contributed by atoms with van der Waals surface area (Å²) in [6.45, 7) is 3.60. The molecule has 0 unspecified atom stereocenters. The molecule has 1 N–H and O–H groups in total. The molecule has 4 heteroatoms. The van der Waals surface area contributed by atoms with E-state index in [-0.39, 0.29) is 5.91 Å². The molecule has 2 aromatic rings. The molecule has 4 nitrogen and oxygen atoms in total. The molecule has 1 amide bonds. The fourth-order valence-corrected chi connectivity index (χ4v) is 1.53. The maximum absolute atomic E-state index is 12.0. The van der Waals surface area contributed by atoms with Gasteiger partial charge in [0.2, 0.25) is 0 Å². The van der Waals surface area contributed by atoms with E-state index in [1.54, 1.807) is 20.0 Å². The molecule has 0 aliphatic rings. The molecule has 0 fully saturated rings. The van der Waals surface area contributed by atoms with Crippen LogP contribution in [-0.2, 0) is 0 Å². The average molecular weight is 227 g/mol. The van der Waals surface area contributed by atoms with Gasteiger partial charge in [0.25, 0.3) is 5.91 Å². The van der Waals surface area contributed by atoms with Crippen LogP contribution in [0.2, 0.25) is 0 Å². The number of aryl methyl sites for hydroxylation is 2. The first-order chi connectivity index (χ1) is 8.16. The van der Waals surface area contributed by atoms with Gasteiger partial charge in [-0.25, -0.2) is 9.97 Å². The molecule has 0 aliphatic carbocycles. The van der Waals surface area contributed by atoms with Gasteiger partial charge in [0.1, 0.15) is 5.82 Å². The highest BCUT2D eigenvalue weighted by molar-refractivity contribution is 6.04. The summed E-state index contributed by atoms with van der Waals surface area (Å²) in [5, 5.41) is 2.80. The largest absolute Gasteiger partial charge is 0.322 e. The minimum atomic E-state index is -0.186. The van der Waals surface area contributed by atoms with Crippen LogP contribution in [0.1, 0.15) is 21.9 Å². The molecule has 1 aromatic carbocycles. The maximum Gasteiger partial charge on any atom is 0.259 e. The van der Waals surface area contributed by atoms with Gasteiger partial charge in [-0.15, -0.1) is 0 Å². The van der Waals surface area contributed by atoms with Gasteiger partial charge < -0.3 is 5.32 Å². The lowest BCUT2D eigenvalue weighted by atomic mass is 10.2. The minimum Gasteiger partial charge on any atom is -0.322 e. The second kappa shape index (κ2) is 4.74. The van der Waals surface area contributed by atoms with E-state index in [4.69, 9.17) is 0 Å². The van der Waals surface area contributed by atoms with Gasteiger partial charge in [0.05, 0.1) is 11.3 Å². The molecule has 0 saturated heterocycles. The van der Waals surface area contributed by atoms with Crippen LogP contribution in [0.5, 0.6) is 0 Å². The van der Waals surface area contributed by atoms with E-state index in [0.29, 0.717) is 17.1 Å². The number of carbonyl (C=O) groups excluding carboxylic acids is 1. The smallest absolute Gasteiger partial charge is 0.259 e. The average Bonchev–Trinajstić information content (AvgIpc) is 2.30. The predicted octanol–water partition coefficient (Wildman–Crippen LogP) is 2.35. The molecule has 1 heterocycles. The first-order valence-electron chi connectivity index (χ1n) is 5.33. The van der Waals surface area contributed by atoms with E-state index in [0.717, 1.165) is 5.69 Å². The first kappa shape index (κ1) is 11.3. The molecule has 0 atom stereocenters. The number of carbonyl (C=O) groups is 1. The van der Waals surface area contributed by atoms with Crippen molar-refractivity contribution in [1.82, 2.24) is 9.97 Å². The van der Waals surface area contributed by atoms with E-state index in [9.17, 15) is 4.79 Å². The third kappa shape index (κ3) is 2.66. The first-order valence-corrected chi connectivity index (χ1v) is 5.33. The number of anilines is 1. The van der Waals surface area contributed by atoms with Crippen molar-refractivity contribution in [3.8, 4) is 0 Å². The summed E-state index contributed by atoms with van der Waals surface area (Å²) < 4.78 is 0. The van der Waals surface area contributed by atoms with Crippen LogP contribution in [0.3, 0.4) is 0 Å². The number of amides is 1. The minimum absolute atomic E-state index is 0.186. The summed E-state index contributed by atoms with van der Waals surface area (Å²) >= 11 is 0. The van der Waals surface area contributed by atoms with Crippen LogP contribution in [0, 0.1) is 13.8 Å². The van der Waals surface area contributed by atoms with Gasteiger partial charge in [0.15, 0.2) is 0 Å². The van der Waals surface area contributed by atoms with Gasteiger partial charge >= 0.3 is 0 Å². The fourth-order valence-electron chi connectivity index (χ4n) is 1.53. The van der Waals surface area contributed by atoms with Crippen LogP contribution in [0.4, 0.5) is 5.69 Å². The van der Waals surface area contributed by atoms with Crippen LogP contribution in [0.25, 0.3) is 0 Å². The molecule has 0 saturated carbocycles. The van der Waals surface area contributed by atoms with E-state index in [2.05, 4.69) is 15.3 Å². The van der Waals surface area contributed by atoms with Crippen molar-refractivity contribution in [1.29, 1.82) is 0 Å². The van der Waals surface area contributed by atoms with E-state index in [1.165, 1.54) is 0 Å². The fraction of sp³-hybridized carbons (Fsp3) is 0.154. The Kier molecular flexibility index (Phi) is 3.14. The van der Waals surface area contributed by atoms with E-state index >= 15 is 0 Å². The molecule has 0 spiro atoms. The number of benzene rings is 1. The predicted molar refractivity (Wildman–Crippen MR) is 65.9 cm³/mol. The summed E-state index contributed by atoms with van der Waals surface area (Å²) in [7, 11) is 0. The van der Waals surface area contributed by atoms with Gasteiger partial charge in [0, 0.05) is 11.9 Å². The van der Waals surface area contributed by atoms with Crippen molar-refractivity contribution in [2.45, 2.75) is 13.8 Å². The molecule has 0 radical (unpaired) electrons. The second-order valence-electron chi connectivity index (χ2n) is 3.74. The molecule has 0 bridgehead atoms. The topological polar surface area (TPSA) is 54.9 Å². The number of aromatic nitrogens is 2. The highest BCUT2D eigenvalue weighted by Gasteiger charge is 2.10. The third-order valence-corrected chi connectivity index (χ3v) is 2.38. The summed E-state index contributed by atoms with van der Waals surface area (Å²) in [5.41, 5.74) is 1.95. The van der Waals surface area contributed by atoms with Crippen molar-refractivity contribution in [3.05, 3.63) is 53.6 Å². The SMILES string of the molecule is Cc1ncc(C(=O)Nc2ccccc2)c(C)n1. The maximum atomic E-state index is 12.0. The van der Waals surface area contributed by atoms with Crippen LogP contribution in [0.15, 0.2) is 36.5 Å². The quantitative estimate of drug-likeness (QED) is 0.856. The summed E-state index contributed by atoms with van der Waals surface area (Å²) in [5.74, 6) is 0.479. The summed E-state index contributed by atoms with van der Waals surface area (Å²) in [6, 6.07) is 9.31. The normalized spacial score (nSPS) is 10.0. The van der Waals surface area contributed by atoms with E-state index < -0.39 is 0 Å². The van der Waals surface area contributed by atoms with Crippen molar-refractivity contribution >= 4 is 11.6 Å². The number of nitrogens with one attached hydrogen (secondary N) is 1. The Hall–Kier alpha value is -2.23. The monoisotopic (exact) mass is 227 g/mol. The lowest BCUT2D eigenvalue weighted by molar-refractivity contribution is 0.102. The molecule has 86 valence electrons. The van der Waals surface area contributed by atoms with Gasteiger partial charge in [-0.05, 0) is 26.0 Å². The van der Waals surface area contributed by atoms with Crippen LogP contribution >= 0.6 is 0 Å². The highest BCUT2D eigenvalue weighted by Crippen LogP contribution is 2.10. The zero-order chi connectivity index (χ0) is 12.3. The van der Waals surface area contributed by atoms with E-state index in [1.807, 2.05) is 30.3 Å². The number of para-hydroxylation sites is 1. The van der Waals surface area contributed by atoms with Crippen molar-refractivity contribution < 1.29 is 4.79 Å². The van der Waals surface area contributed by atoms with Crippen LogP contribution in [-0.4, -0.2) is 15.9 Å². The molecule has 2 rings (SSSR count). The van der Waals surface area contributed by atoms with Gasteiger partial charge in [-0.3, -0.25) is 4.79 Å². The Morgan fingerprint density at radius 1 is 1.18 bits per heavy atom. The Morgan fingerprint density at radius 2 is 1.88 bits per heavy atom. The number of hydrogen-bond acceptors (Lipinski definition) is 3. The van der Waals surface area contributed by atoms with Gasteiger partial charge in [-0.1, -0.05) is 18.2 Å². The molecule has 0 aliphatic heterocycles. The summed E-state index contributed by atoms with van der Waals surface area (Å²) in [4.78, 5) is 20.2. The second-order valence-corrected chi connectivity index (χ2v) is 3.74. The van der Waals surface area contributed by atoms with Crippen LogP contribution < -0.4 is 5.32 Å². The lowest BCUT2D eigenvalue weighted by Crippen LogP contribution is -2.14. The Bertz CT molecular complexity index is 538. The molecular weight excluding hydrogens is 214 g/mol. The van der Waals surface area contributed by atoms with Crippen molar-refractivity contribution in [2.75, 3.05) is 5.32 Å². The molecule has 17 heavy (non-hydrogen) atoms. The third-order valence-electron chi connectivity index (χ3n) is 2.38. The standard InChI is InChI=1S/C13H13N3O/c1-9-12(8-14-10(2)15-9)13(17)16-11-6-4-3-5-7-11/h3-8H,1-2H3,(H,16,17). The zero-order valence-electron chi connectivity index (χ0n) is 9.77. The lowest BCUT2D eigenvalue weighted by Gasteiger charge is -2.06. The Labute approximate surface area is 99.7 Å². The highest BCUT2D eigenvalue weighted by atomic mass is 16.1. The number of hydrogen-bond donors (Lipinski definition) is 1. The Morgan fingerprint density at radius 3 is 2.53 bits per heavy atom. The van der Waals surface area contributed by atoms with Crippen molar-refractivity contribution in [3.63, 3.8) is 0 Å². The summed E-state index contributed by atoms with van der Waals surface area (Å²) in [6.07, 6.45) is 1.55. The van der Waals surface area contributed by atoms with Gasteiger partial charge in [-0.2, -0.15) is 0 Å².